The van der Waals surface area contributed by atoms with Crippen LogP contribution in [0.5, 0.6) is 0 Å². The molecule has 0 radical (unpaired) electrons. The highest BCUT2D eigenvalue weighted by Crippen LogP contribution is 2.43. The first-order valence-electron chi connectivity index (χ1n) is 9.38. The van der Waals surface area contributed by atoms with Crippen molar-refractivity contribution in [2.75, 3.05) is 11.9 Å². The summed E-state index contributed by atoms with van der Waals surface area (Å²) in [5.41, 5.74) is 4.11. The number of rotatable bonds is 5. The molecule has 1 aliphatic rings. The van der Waals surface area contributed by atoms with Crippen LogP contribution in [0.4, 0.5) is 10.5 Å². The van der Waals surface area contributed by atoms with Crippen molar-refractivity contribution in [1.29, 1.82) is 0 Å². The van der Waals surface area contributed by atoms with Crippen LogP contribution in [-0.2, 0) is 5.41 Å². The molecule has 0 spiro atoms. The maximum atomic E-state index is 12.5. The number of aromatic nitrogens is 2. The molecule has 2 aromatic carbocycles. The molecule has 5 nitrogen and oxygen atoms in total. The molecule has 1 saturated carbocycles. The summed E-state index contributed by atoms with van der Waals surface area (Å²) in [6, 6.07) is 20.0. The van der Waals surface area contributed by atoms with Gasteiger partial charge in [0.1, 0.15) is 0 Å². The fraction of sp³-hybridized carbons (Fsp3) is 0.273. The van der Waals surface area contributed by atoms with Gasteiger partial charge in [-0.1, -0.05) is 42.8 Å². The Bertz CT molecular complexity index is 928. The van der Waals surface area contributed by atoms with E-state index in [9.17, 15) is 4.79 Å². The van der Waals surface area contributed by atoms with Crippen molar-refractivity contribution < 1.29 is 4.79 Å². The van der Waals surface area contributed by atoms with Gasteiger partial charge in [-0.15, -0.1) is 0 Å². The van der Waals surface area contributed by atoms with Crippen LogP contribution in [0.3, 0.4) is 0 Å². The second kappa shape index (κ2) is 7.27. The number of nitrogens with zero attached hydrogens (tertiary/aromatic N) is 2. The molecule has 0 unspecified atom stereocenters. The Labute approximate surface area is 159 Å². The quantitative estimate of drug-likeness (QED) is 0.707. The third kappa shape index (κ3) is 3.58. The number of nitrogens with one attached hydrogen (secondary N) is 2. The highest BCUT2D eigenvalue weighted by molar-refractivity contribution is 5.89. The SMILES string of the molecule is Cc1ccnn1-c1cccc(NC(=O)NCC2(c3ccccc3)CCC2)c1. The molecule has 138 valence electrons. The molecule has 1 heterocycles. The van der Waals surface area contributed by atoms with Crippen LogP contribution in [0.15, 0.2) is 66.9 Å². The summed E-state index contributed by atoms with van der Waals surface area (Å²) < 4.78 is 1.85. The van der Waals surface area contributed by atoms with Crippen molar-refractivity contribution in [3.63, 3.8) is 0 Å². The van der Waals surface area contributed by atoms with E-state index >= 15 is 0 Å². The lowest BCUT2D eigenvalue weighted by Gasteiger charge is -2.42. The topological polar surface area (TPSA) is 59.0 Å². The van der Waals surface area contributed by atoms with Gasteiger partial charge in [-0.25, -0.2) is 9.48 Å². The van der Waals surface area contributed by atoms with Crippen molar-refractivity contribution in [2.24, 2.45) is 0 Å². The molecule has 0 atom stereocenters. The predicted octanol–water partition coefficient (Wildman–Crippen LogP) is 4.42. The Morgan fingerprint density at radius 3 is 2.59 bits per heavy atom. The average molecular weight is 360 g/mol. The Kier molecular flexibility index (Phi) is 4.67. The molecule has 3 aromatic rings. The number of aryl methyl sites for hydroxylation is 1. The van der Waals surface area contributed by atoms with Gasteiger partial charge in [-0.05, 0) is 49.6 Å². The van der Waals surface area contributed by atoms with Crippen LogP contribution in [0.25, 0.3) is 5.69 Å². The van der Waals surface area contributed by atoms with Gasteiger partial charge in [0.15, 0.2) is 0 Å². The van der Waals surface area contributed by atoms with Crippen LogP contribution in [0, 0.1) is 6.92 Å². The third-order valence-corrected chi connectivity index (χ3v) is 5.46. The monoisotopic (exact) mass is 360 g/mol. The van der Waals surface area contributed by atoms with Crippen LogP contribution in [0.1, 0.15) is 30.5 Å². The van der Waals surface area contributed by atoms with Gasteiger partial charge in [0.25, 0.3) is 0 Å². The summed E-state index contributed by atoms with van der Waals surface area (Å²) in [5.74, 6) is 0. The fourth-order valence-electron chi connectivity index (χ4n) is 3.74. The second-order valence-corrected chi connectivity index (χ2v) is 7.24. The van der Waals surface area contributed by atoms with Crippen LogP contribution in [0.2, 0.25) is 0 Å². The molecule has 2 amide bonds. The number of urea groups is 1. The molecule has 1 aromatic heterocycles. The Morgan fingerprint density at radius 1 is 1.11 bits per heavy atom. The summed E-state index contributed by atoms with van der Waals surface area (Å²) in [5, 5.41) is 10.3. The number of anilines is 1. The number of carbonyl (C=O) groups is 1. The average Bonchev–Trinajstić information content (AvgIpc) is 3.08. The van der Waals surface area contributed by atoms with E-state index in [0.29, 0.717) is 6.54 Å². The predicted molar refractivity (Wildman–Crippen MR) is 107 cm³/mol. The first kappa shape index (κ1) is 17.3. The van der Waals surface area contributed by atoms with Gasteiger partial charge in [-0.2, -0.15) is 5.10 Å². The van der Waals surface area contributed by atoms with E-state index in [0.717, 1.165) is 29.9 Å². The zero-order valence-corrected chi connectivity index (χ0v) is 15.5. The van der Waals surface area contributed by atoms with Gasteiger partial charge in [0.05, 0.1) is 5.69 Å². The molecule has 0 bridgehead atoms. The highest BCUT2D eigenvalue weighted by atomic mass is 16.2. The lowest BCUT2D eigenvalue weighted by Crippen LogP contribution is -2.46. The van der Waals surface area contributed by atoms with E-state index in [-0.39, 0.29) is 11.4 Å². The van der Waals surface area contributed by atoms with Crippen molar-refractivity contribution in [3.8, 4) is 5.69 Å². The summed E-state index contributed by atoms with van der Waals surface area (Å²) in [6.07, 6.45) is 5.21. The van der Waals surface area contributed by atoms with Gasteiger partial charge >= 0.3 is 6.03 Å². The summed E-state index contributed by atoms with van der Waals surface area (Å²) in [7, 11) is 0. The maximum Gasteiger partial charge on any atom is 0.319 e. The van der Waals surface area contributed by atoms with E-state index in [1.807, 2.05) is 48.0 Å². The Balaban J connectivity index is 1.41. The molecule has 0 aliphatic heterocycles. The fourth-order valence-corrected chi connectivity index (χ4v) is 3.74. The molecule has 5 heteroatoms. The van der Waals surface area contributed by atoms with Crippen molar-refractivity contribution in [2.45, 2.75) is 31.6 Å². The van der Waals surface area contributed by atoms with Crippen molar-refractivity contribution in [3.05, 3.63) is 78.1 Å². The van der Waals surface area contributed by atoms with Crippen LogP contribution >= 0.6 is 0 Å². The standard InChI is InChI=1S/C22H24N4O/c1-17-11-14-24-26(17)20-10-5-9-19(15-20)25-21(27)23-16-22(12-6-13-22)18-7-3-2-4-8-18/h2-5,7-11,14-15H,6,12-13,16H2,1H3,(H2,23,25,27). The van der Waals surface area contributed by atoms with Gasteiger partial charge in [0, 0.05) is 29.5 Å². The molecule has 4 rings (SSSR count). The number of amides is 2. The summed E-state index contributed by atoms with van der Waals surface area (Å²) >= 11 is 0. The number of benzene rings is 2. The molecule has 2 N–H and O–H groups in total. The zero-order valence-electron chi connectivity index (χ0n) is 15.5. The van der Waals surface area contributed by atoms with E-state index in [1.165, 1.54) is 12.0 Å². The minimum Gasteiger partial charge on any atom is -0.337 e. The van der Waals surface area contributed by atoms with E-state index < -0.39 is 0 Å². The van der Waals surface area contributed by atoms with Crippen molar-refractivity contribution >= 4 is 11.7 Å². The molecule has 1 fully saturated rings. The molecule has 27 heavy (non-hydrogen) atoms. The van der Waals surface area contributed by atoms with Gasteiger partial charge in [0.2, 0.25) is 0 Å². The normalized spacial score (nSPS) is 15.0. The minimum absolute atomic E-state index is 0.0760. The molecular weight excluding hydrogens is 336 g/mol. The number of hydrogen-bond acceptors (Lipinski definition) is 2. The zero-order chi connectivity index (χ0) is 18.7. The molecule has 1 aliphatic carbocycles. The summed E-state index contributed by atoms with van der Waals surface area (Å²) in [6.45, 7) is 2.66. The molecule has 0 saturated heterocycles. The first-order chi connectivity index (χ1) is 13.2. The highest BCUT2D eigenvalue weighted by Gasteiger charge is 2.38. The second-order valence-electron chi connectivity index (χ2n) is 7.24. The van der Waals surface area contributed by atoms with E-state index in [1.54, 1.807) is 6.20 Å². The molecular formula is C22H24N4O. The largest absolute Gasteiger partial charge is 0.337 e. The number of hydrogen-bond donors (Lipinski definition) is 2. The van der Waals surface area contributed by atoms with Crippen LogP contribution in [-0.4, -0.2) is 22.4 Å². The number of carbonyl (C=O) groups excluding carboxylic acids is 1. The lowest BCUT2D eigenvalue weighted by molar-refractivity contribution is 0.222. The lowest BCUT2D eigenvalue weighted by atomic mass is 9.64. The summed E-state index contributed by atoms with van der Waals surface area (Å²) in [4.78, 5) is 12.5. The smallest absolute Gasteiger partial charge is 0.319 e. The third-order valence-electron chi connectivity index (χ3n) is 5.46. The Morgan fingerprint density at radius 2 is 1.93 bits per heavy atom. The van der Waals surface area contributed by atoms with Crippen LogP contribution < -0.4 is 10.6 Å². The maximum absolute atomic E-state index is 12.5. The minimum atomic E-state index is -0.174. The Hall–Kier alpha value is -3.08. The van der Waals surface area contributed by atoms with Gasteiger partial charge < -0.3 is 10.6 Å². The van der Waals surface area contributed by atoms with E-state index in [4.69, 9.17) is 0 Å². The van der Waals surface area contributed by atoms with Crippen molar-refractivity contribution in [1.82, 2.24) is 15.1 Å². The van der Waals surface area contributed by atoms with E-state index in [2.05, 4.69) is 40.0 Å². The first-order valence-corrected chi connectivity index (χ1v) is 9.38. The van der Waals surface area contributed by atoms with Gasteiger partial charge in [-0.3, -0.25) is 0 Å².